The maximum absolute atomic E-state index is 10.5. The Bertz CT molecular complexity index is 447. The molecule has 0 saturated heterocycles. The Morgan fingerprint density at radius 3 is 2.53 bits per heavy atom. The molecule has 1 unspecified atom stereocenters. The molecule has 0 fully saturated rings. The number of nitrogens with two attached hydrogens (primary N) is 1. The second kappa shape index (κ2) is 6.26. The zero-order valence-corrected chi connectivity index (χ0v) is 10.1. The average Bonchev–Trinajstić information content (AvgIpc) is 2.30. The molecule has 3 nitrogen and oxygen atoms in total. The lowest BCUT2D eigenvalue weighted by Crippen LogP contribution is -2.22. The molecule has 17 heavy (non-hydrogen) atoms. The van der Waals surface area contributed by atoms with E-state index in [1.165, 1.54) is 0 Å². The maximum Gasteiger partial charge on any atom is 0.303 e. The van der Waals surface area contributed by atoms with Gasteiger partial charge in [0.15, 0.2) is 0 Å². The van der Waals surface area contributed by atoms with E-state index in [1.54, 1.807) is 12.1 Å². The van der Waals surface area contributed by atoms with Crippen LogP contribution < -0.4 is 5.73 Å². The zero-order chi connectivity index (χ0) is 12.8. The van der Waals surface area contributed by atoms with Crippen molar-refractivity contribution in [2.75, 3.05) is 0 Å². The van der Waals surface area contributed by atoms with Crippen LogP contribution in [0.2, 0.25) is 5.02 Å². The molecule has 1 aromatic carbocycles. The number of carboxylic acids is 1. The van der Waals surface area contributed by atoms with Crippen LogP contribution in [-0.4, -0.2) is 17.1 Å². The predicted octanol–water partition coefficient (Wildman–Crippen LogP) is 2.70. The third kappa shape index (κ3) is 4.08. The number of benzene rings is 1. The monoisotopic (exact) mass is 251 g/mol. The summed E-state index contributed by atoms with van der Waals surface area (Å²) in [6.45, 7) is 3.59. The molecule has 0 spiro atoms. The highest BCUT2D eigenvalue weighted by Gasteiger charge is 2.12. The minimum Gasteiger partial charge on any atom is -0.481 e. The molecule has 1 atom stereocenters. The molecule has 0 heterocycles. The van der Waals surface area contributed by atoms with E-state index in [9.17, 15) is 4.79 Å². The van der Waals surface area contributed by atoms with Gasteiger partial charge in [0.05, 0.1) is 0 Å². The van der Waals surface area contributed by atoms with Crippen LogP contribution in [0.15, 0.2) is 36.6 Å². The smallest absolute Gasteiger partial charge is 0.303 e. The molecule has 1 rings (SSSR count). The molecule has 0 amide bonds. The highest BCUT2D eigenvalue weighted by atomic mass is 35.5. The summed E-state index contributed by atoms with van der Waals surface area (Å²) in [5, 5.41) is 9.24. The van der Waals surface area contributed by atoms with Crippen molar-refractivity contribution in [3.8, 4) is 0 Å². The van der Waals surface area contributed by atoms with Crippen LogP contribution in [0.1, 0.15) is 18.4 Å². The third-order valence-electron chi connectivity index (χ3n) is 2.39. The number of carbonyl (C=O) groups is 1. The van der Waals surface area contributed by atoms with Gasteiger partial charge < -0.3 is 10.8 Å². The van der Waals surface area contributed by atoms with Crippen molar-refractivity contribution in [3.63, 3.8) is 0 Å². The van der Waals surface area contributed by atoms with E-state index < -0.39 is 5.97 Å². The molecule has 0 saturated carbocycles. The van der Waals surface area contributed by atoms with Gasteiger partial charge in [0, 0.05) is 23.1 Å². The minimum atomic E-state index is -0.861. The quantitative estimate of drug-likeness (QED) is 0.791. The SMILES string of the molecule is C=C=C(c1ccc(Cl)cc1)C(N)CCC(=O)O. The van der Waals surface area contributed by atoms with Gasteiger partial charge in [-0.2, -0.15) is 0 Å². The Balaban J connectivity index is 2.82. The molecule has 0 aliphatic carbocycles. The Hall–Kier alpha value is -1.54. The van der Waals surface area contributed by atoms with Gasteiger partial charge in [-0.05, 0) is 24.1 Å². The molecule has 0 bridgehead atoms. The molecule has 4 heteroatoms. The van der Waals surface area contributed by atoms with E-state index >= 15 is 0 Å². The molecule has 0 aliphatic heterocycles. The van der Waals surface area contributed by atoms with Gasteiger partial charge in [0.25, 0.3) is 0 Å². The molecule has 1 aromatic rings. The Labute approximate surface area is 105 Å². The fourth-order valence-electron chi connectivity index (χ4n) is 1.50. The molecular formula is C13H14ClNO2. The highest BCUT2D eigenvalue weighted by molar-refractivity contribution is 6.30. The summed E-state index contributed by atoms with van der Waals surface area (Å²) in [6.07, 6.45) is 0.385. The summed E-state index contributed by atoms with van der Waals surface area (Å²) in [6, 6.07) is 6.74. The lowest BCUT2D eigenvalue weighted by Gasteiger charge is -2.13. The predicted molar refractivity (Wildman–Crippen MR) is 68.8 cm³/mol. The maximum atomic E-state index is 10.5. The number of hydrogen-bond donors (Lipinski definition) is 2. The number of rotatable bonds is 5. The largest absolute Gasteiger partial charge is 0.481 e. The van der Waals surface area contributed by atoms with E-state index in [0.717, 1.165) is 5.56 Å². The second-order valence-corrected chi connectivity index (χ2v) is 4.07. The third-order valence-corrected chi connectivity index (χ3v) is 2.64. The van der Waals surface area contributed by atoms with Gasteiger partial charge in [-0.3, -0.25) is 4.79 Å². The summed E-state index contributed by atoms with van der Waals surface area (Å²) in [5.74, 6) is -0.861. The van der Waals surface area contributed by atoms with Crippen molar-refractivity contribution in [2.24, 2.45) is 5.73 Å². The summed E-state index contributed by atoms with van der Waals surface area (Å²) >= 11 is 5.79. The van der Waals surface area contributed by atoms with E-state index in [-0.39, 0.29) is 12.5 Å². The molecule has 0 aliphatic rings. The number of halogens is 1. The number of hydrogen-bond acceptors (Lipinski definition) is 2. The molecular weight excluding hydrogens is 238 g/mol. The number of aliphatic carboxylic acids is 1. The van der Waals surface area contributed by atoms with Gasteiger partial charge >= 0.3 is 5.97 Å². The first-order valence-electron chi connectivity index (χ1n) is 5.18. The average molecular weight is 252 g/mol. The van der Waals surface area contributed by atoms with Crippen LogP contribution >= 0.6 is 11.6 Å². The fourth-order valence-corrected chi connectivity index (χ4v) is 1.63. The standard InChI is InChI=1S/C13H14ClNO2/c1-2-11(12(15)7-8-13(16)17)9-3-5-10(14)6-4-9/h3-6,12H,1,7-8,15H2,(H,16,17). The summed E-state index contributed by atoms with van der Waals surface area (Å²) < 4.78 is 0. The van der Waals surface area contributed by atoms with Gasteiger partial charge in [-0.25, -0.2) is 0 Å². The van der Waals surface area contributed by atoms with Crippen LogP contribution in [0.25, 0.3) is 5.57 Å². The van der Waals surface area contributed by atoms with Crippen LogP contribution in [0, 0.1) is 0 Å². The van der Waals surface area contributed by atoms with E-state index in [2.05, 4.69) is 12.3 Å². The lowest BCUT2D eigenvalue weighted by atomic mass is 9.97. The second-order valence-electron chi connectivity index (χ2n) is 3.64. The Morgan fingerprint density at radius 1 is 1.47 bits per heavy atom. The van der Waals surface area contributed by atoms with Crippen molar-refractivity contribution in [1.29, 1.82) is 0 Å². The van der Waals surface area contributed by atoms with Crippen LogP contribution in [-0.2, 0) is 4.79 Å². The molecule has 0 aromatic heterocycles. The minimum absolute atomic E-state index is 0.0277. The summed E-state index contributed by atoms with van der Waals surface area (Å²) in [5.41, 5.74) is 10.3. The van der Waals surface area contributed by atoms with Gasteiger partial charge in [-0.1, -0.05) is 30.3 Å². The first kappa shape index (κ1) is 13.5. The van der Waals surface area contributed by atoms with E-state index in [0.29, 0.717) is 17.0 Å². The van der Waals surface area contributed by atoms with Crippen LogP contribution in [0.5, 0.6) is 0 Å². The lowest BCUT2D eigenvalue weighted by molar-refractivity contribution is -0.137. The Kier molecular flexibility index (Phi) is 4.98. The van der Waals surface area contributed by atoms with Crippen LogP contribution in [0.3, 0.4) is 0 Å². The van der Waals surface area contributed by atoms with Crippen molar-refractivity contribution in [3.05, 3.63) is 47.2 Å². The first-order chi connectivity index (χ1) is 8.04. The zero-order valence-electron chi connectivity index (χ0n) is 9.32. The fraction of sp³-hybridized carbons (Fsp3) is 0.231. The summed E-state index contributed by atoms with van der Waals surface area (Å²) in [7, 11) is 0. The first-order valence-corrected chi connectivity index (χ1v) is 5.55. The molecule has 3 N–H and O–H groups in total. The van der Waals surface area contributed by atoms with Crippen molar-refractivity contribution in [2.45, 2.75) is 18.9 Å². The van der Waals surface area contributed by atoms with Crippen molar-refractivity contribution in [1.82, 2.24) is 0 Å². The molecule has 0 radical (unpaired) electrons. The topological polar surface area (TPSA) is 63.3 Å². The number of carboxylic acid groups (broad SMARTS) is 1. The van der Waals surface area contributed by atoms with Crippen molar-refractivity contribution < 1.29 is 9.90 Å². The normalized spacial score (nSPS) is 11.6. The van der Waals surface area contributed by atoms with E-state index in [4.69, 9.17) is 22.4 Å². The van der Waals surface area contributed by atoms with E-state index in [1.807, 2.05) is 12.1 Å². The van der Waals surface area contributed by atoms with Gasteiger partial charge in [0.1, 0.15) is 0 Å². The van der Waals surface area contributed by atoms with Crippen molar-refractivity contribution >= 4 is 23.1 Å². The van der Waals surface area contributed by atoms with Crippen LogP contribution in [0.4, 0.5) is 0 Å². The van der Waals surface area contributed by atoms with Gasteiger partial charge in [0.2, 0.25) is 0 Å². The van der Waals surface area contributed by atoms with Gasteiger partial charge in [-0.15, -0.1) is 5.73 Å². The molecule has 90 valence electrons. The summed E-state index contributed by atoms with van der Waals surface area (Å²) in [4.78, 5) is 10.5. The Morgan fingerprint density at radius 2 is 2.06 bits per heavy atom. The highest BCUT2D eigenvalue weighted by Crippen LogP contribution is 2.20.